The lowest BCUT2D eigenvalue weighted by Gasteiger charge is -2.14. The summed E-state index contributed by atoms with van der Waals surface area (Å²) in [6.45, 7) is 13.8. The highest BCUT2D eigenvalue weighted by Gasteiger charge is 2.20. The molecule has 0 bridgehead atoms. The third-order valence-corrected chi connectivity index (χ3v) is 5.52. The maximum Gasteiger partial charge on any atom is 0.253 e. The predicted octanol–water partition coefficient (Wildman–Crippen LogP) is 4.10. The van der Waals surface area contributed by atoms with Crippen molar-refractivity contribution in [3.8, 4) is 0 Å². The summed E-state index contributed by atoms with van der Waals surface area (Å²) >= 11 is 0. The Hall–Kier alpha value is -3.94. The van der Waals surface area contributed by atoms with Gasteiger partial charge in [0, 0.05) is 29.4 Å². The first kappa shape index (κ1) is 24.7. The minimum atomic E-state index is -0.318. The number of hydrogen-bond donors (Lipinski definition) is 3. The van der Waals surface area contributed by atoms with E-state index in [4.69, 9.17) is 10.7 Å². The fraction of sp³-hybridized carbons (Fsp3) is 0.308. The Bertz CT molecular complexity index is 1340. The molecule has 0 atom stereocenters. The Balaban J connectivity index is 2.09. The van der Waals surface area contributed by atoms with E-state index >= 15 is 0 Å². The van der Waals surface area contributed by atoms with Crippen molar-refractivity contribution in [3.05, 3.63) is 87.8 Å². The first-order valence-electron chi connectivity index (χ1n) is 11.3. The molecule has 0 spiro atoms. The second kappa shape index (κ2) is 10.3. The lowest BCUT2D eigenvalue weighted by molar-refractivity contribution is 0.0952. The summed E-state index contributed by atoms with van der Waals surface area (Å²) in [5.41, 5.74) is 9.98. The lowest BCUT2D eigenvalue weighted by atomic mass is 9.98. The van der Waals surface area contributed by atoms with Crippen LogP contribution in [0, 0.1) is 6.92 Å². The number of amides is 1. The average molecular weight is 461 g/mol. The number of aromatic amines is 1. The molecule has 3 aromatic rings. The molecule has 178 valence electrons. The third kappa shape index (κ3) is 5.01. The number of H-pyrrole nitrogens is 1. The second-order valence-electron chi connectivity index (χ2n) is 8.74. The van der Waals surface area contributed by atoms with Crippen LogP contribution in [0.1, 0.15) is 72.5 Å². The number of nitrogens with two attached hydrogens (primary N) is 1. The minimum Gasteiger partial charge on any atom is -0.405 e. The van der Waals surface area contributed by atoms with Crippen molar-refractivity contribution in [1.29, 1.82) is 0 Å². The topological polar surface area (TPSA) is 119 Å². The van der Waals surface area contributed by atoms with Gasteiger partial charge in [0.05, 0.1) is 22.8 Å². The predicted molar refractivity (Wildman–Crippen MR) is 136 cm³/mol. The zero-order valence-corrected chi connectivity index (χ0v) is 20.3. The molecule has 0 aromatic carbocycles. The van der Waals surface area contributed by atoms with Gasteiger partial charge in [-0.15, -0.1) is 0 Å². The van der Waals surface area contributed by atoms with Gasteiger partial charge in [0.2, 0.25) is 0 Å². The summed E-state index contributed by atoms with van der Waals surface area (Å²) in [7, 11) is 0. The fourth-order valence-electron chi connectivity index (χ4n) is 3.89. The Labute approximate surface area is 199 Å². The van der Waals surface area contributed by atoms with Crippen LogP contribution in [0.25, 0.3) is 16.6 Å². The largest absolute Gasteiger partial charge is 0.405 e. The number of carbonyl (C=O) groups is 1. The summed E-state index contributed by atoms with van der Waals surface area (Å²) < 4.78 is 1.77. The maximum absolute atomic E-state index is 13.4. The summed E-state index contributed by atoms with van der Waals surface area (Å²) in [6, 6.07) is 3.71. The number of nitrogens with zero attached hydrogens (tertiary/aromatic N) is 3. The highest BCUT2D eigenvalue weighted by Crippen LogP contribution is 2.25. The molecule has 0 saturated carbocycles. The van der Waals surface area contributed by atoms with E-state index < -0.39 is 0 Å². The van der Waals surface area contributed by atoms with Gasteiger partial charge >= 0.3 is 0 Å². The van der Waals surface area contributed by atoms with Gasteiger partial charge in [-0.3, -0.25) is 9.59 Å². The second-order valence-corrected chi connectivity index (χ2v) is 8.74. The van der Waals surface area contributed by atoms with Crippen LogP contribution >= 0.6 is 0 Å². The number of carbonyl (C=O) groups excluding carboxylic acids is 1. The number of aromatic nitrogens is 4. The number of rotatable bonds is 8. The molecule has 3 aromatic heterocycles. The van der Waals surface area contributed by atoms with Crippen molar-refractivity contribution in [2.24, 2.45) is 5.73 Å². The van der Waals surface area contributed by atoms with Crippen LogP contribution in [0.4, 0.5) is 0 Å². The fourth-order valence-corrected chi connectivity index (χ4v) is 3.89. The van der Waals surface area contributed by atoms with Crippen molar-refractivity contribution in [1.82, 2.24) is 25.1 Å². The number of hydrogen-bond acceptors (Lipinski definition) is 5. The summed E-state index contributed by atoms with van der Waals surface area (Å²) in [6.07, 6.45) is 8.18. The Morgan fingerprint density at radius 2 is 2.03 bits per heavy atom. The molecule has 3 rings (SSSR count). The van der Waals surface area contributed by atoms with Gasteiger partial charge < -0.3 is 16.0 Å². The molecule has 0 fully saturated rings. The zero-order valence-electron chi connectivity index (χ0n) is 20.3. The molecular weight excluding hydrogens is 428 g/mol. The van der Waals surface area contributed by atoms with E-state index in [1.165, 1.54) is 6.20 Å². The van der Waals surface area contributed by atoms with Crippen LogP contribution in [0.2, 0.25) is 0 Å². The summed E-state index contributed by atoms with van der Waals surface area (Å²) in [4.78, 5) is 33.6. The van der Waals surface area contributed by atoms with Gasteiger partial charge in [0.1, 0.15) is 0 Å². The van der Waals surface area contributed by atoms with E-state index in [-0.39, 0.29) is 30.0 Å². The SMILES string of the molecule is C=C/C=C(\C=C/N)c1cc(C(=O)NCc2c(C(C)C)cc(C)[nH]c2=O)c2cnn(C(C)C)c2n1. The van der Waals surface area contributed by atoms with Crippen molar-refractivity contribution in [2.75, 3.05) is 0 Å². The molecule has 0 aliphatic rings. The minimum absolute atomic E-state index is 0.0489. The van der Waals surface area contributed by atoms with Crippen molar-refractivity contribution < 1.29 is 4.79 Å². The zero-order chi connectivity index (χ0) is 25.0. The van der Waals surface area contributed by atoms with E-state index in [0.29, 0.717) is 33.4 Å². The number of pyridine rings is 2. The smallest absolute Gasteiger partial charge is 0.253 e. The number of allylic oxidation sites excluding steroid dienone is 4. The molecular formula is C26H32N6O2. The van der Waals surface area contributed by atoms with Gasteiger partial charge in [0.25, 0.3) is 11.5 Å². The molecule has 3 heterocycles. The maximum atomic E-state index is 13.4. The van der Waals surface area contributed by atoms with Crippen LogP contribution in [0.3, 0.4) is 0 Å². The van der Waals surface area contributed by atoms with Gasteiger partial charge in [-0.1, -0.05) is 32.6 Å². The molecule has 8 nitrogen and oxygen atoms in total. The summed E-state index contributed by atoms with van der Waals surface area (Å²) in [5.74, 6) is -0.174. The lowest BCUT2D eigenvalue weighted by Crippen LogP contribution is -2.29. The van der Waals surface area contributed by atoms with Gasteiger partial charge in [-0.2, -0.15) is 5.10 Å². The van der Waals surface area contributed by atoms with Crippen LogP contribution < -0.4 is 16.6 Å². The van der Waals surface area contributed by atoms with E-state index in [2.05, 4.69) is 22.0 Å². The van der Waals surface area contributed by atoms with Gasteiger partial charge in [-0.05, 0) is 56.7 Å². The molecule has 4 N–H and O–H groups in total. The molecule has 1 amide bonds. The van der Waals surface area contributed by atoms with E-state index in [9.17, 15) is 9.59 Å². The van der Waals surface area contributed by atoms with Crippen LogP contribution in [0.5, 0.6) is 0 Å². The van der Waals surface area contributed by atoms with Crippen molar-refractivity contribution in [2.45, 2.75) is 53.1 Å². The highest BCUT2D eigenvalue weighted by molar-refractivity contribution is 6.06. The summed E-state index contributed by atoms with van der Waals surface area (Å²) in [5, 5.41) is 8.00. The van der Waals surface area contributed by atoms with Crippen LogP contribution in [0.15, 0.2) is 54.1 Å². The normalized spacial score (nSPS) is 12.3. The number of nitrogens with one attached hydrogen (secondary N) is 2. The molecule has 0 aliphatic heterocycles. The molecule has 0 aliphatic carbocycles. The average Bonchev–Trinajstić information content (AvgIpc) is 3.21. The van der Waals surface area contributed by atoms with E-state index in [1.807, 2.05) is 40.7 Å². The van der Waals surface area contributed by atoms with Crippen molar-refractivity contribution in [3.63, 3.8) is 0 Å². The molecule has 34 heavy (non-hydrogen) atoms. The Kier molecular flexibility index (Phi) is 7.50. The first-order valence-corrected chi connectivity index (χ1v) is 11.3. The monoisotopic (exact) mass is 460 g/mol. The van der Waals surface area contributed by atoms with E-state index in [1.54, 1.807) is 35.2 Å². The van der Waals surface area contributed by atoms with Crippen LogP contribution in [-0.4, -0.2) is 25.7 Å². The highest BCUT2D eigenvalue weighted by atomic mass is 16.1. The van der Waals surface area contributed by atoms with Gasteiger partial charge in [0.15, 0.2) is 5.65 Å². The van der Waals surface area contributed by atoms with Crippen LogP contribution in [-0.2, 0) is 6.54 Å². The number of aryl methyl sites for hydroxylation is 1. The van der Waals surface area contributed by atoms with Crippen molar-refractivity contribution >= 4 is 22.5 Å². The van der Waals surface area contributed by atoms with E-state index in [0.717, 1.165) is 11.3 Å². The molecule has 0 unspecified atom stereocenters. The Morgan fingerprint density at radius 3 is 2.65 bits per heavy atom. The van der Waals surface area contributed by atoms with Gasteiger partial charge in [-0.25, -0.2) is 9.67 Å². The molecule has 8 heteroatoms. The third-order valence-electron chi connectivity index (χ3n) is 5.52. The Morgan fingerprint density at radius 1 is 1.29 bits per heavy atom. The molecule has 0 radical (unpaired) electrons. The quantitative estimate of drug-likeness (QED) is 0.437. The first-order chi connectivity index (χ1) is 16.2. The molecule has 0 saturated heterocycles. The standard InChI is InChI=1S/C26H32N6O2/c1-7-8-18(9-10-27)23-12-20(21-14-29-32(16(4)5)24(21)31-23)25(33)28-13-22-19(15(2)3)11-17(6)30-26(22)34/h7-12,14-16H,1,13,27H2,2-6H3,(H,28,33)(H,30,34)/b10-9-,18-8+. The number of fused-ring (bicyclic) bond motifs is 1.